The SMILES string of the molecule is CCCNc1cc(NCc2ncccc2CC)ncn1. The lowest BCUT2D eigenvalue weighted by molar-refractivity contribution is 0.951. The van der Waals surface area contributed by atoms with Crippen LogP contribution >= 0.6 is 0 Å². The monoisotopic (exact) mass is 271 g/mol. The van der Waals surface area contributed by atoms with Crippen molar-refractivity contribution in [1.29, 1.82) is 0 Å². The van der Waals surface area contributed by atoms with Gasteiger partial charge in [-0.2, -0.15) is 0 Å². The van der Waals surface area contributed by atoms with Crippen LogP contribution in [0.3, 0.4) is 0 Å². The van der Waals surface area contributed by atoms with Crippen LogP contribution in [-0.4, -0.2) is 21.5 Å². The number of pyridine rings is 1. The Bertz CT molecular complexity index is 541. The van der Waals surface area contributed by atoms with Crippen molar-refractivity contribution in [2.45, 2.75) is 33.2 Å². The summed E-state index contributed by atoms with van der Waals surface area (Å²) in [6, 6.07) is 6.00. The molecule has 0 aromatic carbocycles. The molecule has 5 heteroatoms. The first kappa shape index (κ1) is 14.2. The molecule has 0 bridgehead atoms. The number of anilines is 2. The van der Waals surface area contributed by atoms with Gasteiger partial charge in [-0.25, -0.2) is 9.97 Å². The zero-order chi connectivity index (χ0) is 14.2. The number of rotatable bonds is 7. The van der Waals surface area contributed by atoms with Crippen molar-refractivity contribution < 1.29 is 0 Å². The molecule has 0 spiro atoms. The van der Waals surface area contributed by atoms with E-state index in [1.165, 1.54) is 5.56 Å². The van der Waals surface area contributed by atoms with Gasteiger partial charge in [-0.3, -0.25) is 4.98 Å². The average molecular weight is 271 g/mol. The van der Waals surface area contributed by atoms with Gasteiger partial charge in [-0.1, -0.05) is 19.9 Å². The van der Waals surface area contributed by atoms with Crippen molar-refractivity contribution in [3.63, 3.8) is 0 Å². The Balaban J connectivity index is 1.99. The molecule has 0 aliphatic heterocycles. The standard InChI is InChI=1S/C15H21N5/c1-3-7-17-14-9-15(20-11-19-14)18-10-13-12(4-2)6-5-8-16-13/h5-6,8-9,11H,3-4,7,10H2,1-2H3,(H2,17,18,19,20). The number of aryl methyl sites for hydroxylation is 1. The highest BCUT2D eigenvalue weighted by Gasteiger charge is 2.03. The Hall–Kier alpha value is -2.17. The Kier molecular flexibility index (Phi) is 5.29. The number of nitrogens with zero attached hydrogens (tertiary/aromatic N) is 3. The van der Waals surface area contributed by atoms with Gasteiger partial charge in [-0.05, 0) is 24.5 Å². The molecule has 2 heterocycles. The van der Waals surface area contributed by atoms with Gasteiger partial charge in [0.1, 0.15) is 18.0 Å². The van der Waals surface area contributed by atoms with Crippen molar-refractivity contribution in [2.75, 3.05) is 17.2 Å². The van der Waals surface area contributed by atoms with Crippen LogP contribution in [-0.2, 0) is 13.0 Å². The summed E-state index contributed by atoms with van der Waals surface area (Å²) in [7, 11) is 0. The van der Waals surface area contributed by atoms with E-state index in [1.807, 2.05) is 18.3 Å². The summed E-state index contributed by atoms with van der Waals surface area (Å²) in [6.45, 7) is 5.85. The maximum Gasteiger partial charge on any atom is 0.131 e. The molecule has 0 aliphatic carbocycles. The molecule has 2 rings (SSSR count). The number of aromatic nitrogens is 3. The molecular weight excluding hydrogens is 250 g/mol. The Labute approximate surface area is 119 Å². The smallest absolute Gasteiger partial charge is 0.131 e. The van der Waals surface area contributed by atoms with Crippen molar-refractivity contribution in [3.8, 4) is 0 Å². The first-order valence-electron chi connectivity index (χ1n) is 7.06. The molecule has 2 aromatic heterocycles. The van der Waals surface area contributed by atoms with E-state index in [4.69, 9.17) is 0 Å². The highest BCUT2D eigenvalue weighted by molar-refractivity contribution is 5.46. The number of hydrogen-bond acceptors (Lipinski definition) is 5. The fourth-order valence-electron chi connectivity index (χ4n) is 1.93. The minimum absolute atomic E-state index is 0.675. The van der Waals surface area contributed by atoms with Crippen LogP contribution in [0.5, 0.6) is 0 Å². The van der Waals surface area contributed by atoms with E-state index in [0.29, 0.717) is 6.54 Å². The summed E-state index contributed by atoms with van der Waals surface area (Å²) in [5.41, 5.74) is 2.33. The zero-order valence-electron chi connectivity index (χ0n) is 12.1. The zero-order valence-corrected chi connectivity index (χ0v) is 12.1. The van der Waals surface area contributed by atoms with Crippen LogP contribution in [0.1, 0.15) is 31.5 Å². The van der Waals surface area contributed by atoms with Gasteiger partial charge >= 0.3 is 0 Å². The van der Waals surface area contributed by atoms with E-state index >= 15 is 0 Å². The summed E-state index contributed by atoms with van der Waals surface area (Å²) in [6.07, 6.45) is 5.45. The highest BCUT2D eigenvalue weighted by atomic mass is 15.1. The van der Waals surface area contributed by atoms with E-state index < -0.39 is 0 Å². The topological polar surface area (TPSA) is 62.7 Å². The molecule has 2 aromatic rings. The van der Waals surface area contributed by atoms with E-state index in [2.05, 4.69) is 45.5 Å². The van der Waals surface area contributed by atoms with E-state index in [-0.39, 0.29) is 0 Å². The first-order valence-corrected chi connectivity index (χ1v) is 7.06. The third-order valence-corrected chi connectivity index (χ3v) is 3.03. The second-order valence-electron chi connectivity index (χ2n) is 4.53. The molecular formula is C15H21N5. The summed E-state index contributed by atoms with van der Waals surface area (Å²) in [5, 5.41) is 6.55. The predicted molar refractivity (Wildman–Crippen MR) is 81.8 cm³/mol. The highest BCUT2D eigenvalue weighted by Crippen LogP contribution is 2.12. The second kappa shape index (κ2) is 7.43. The number of hydrogen-bond donors (Lipinski definition) is 2. The van der Waals surface area contributed by atoms with Crippen molar-refractivity contribution in [2.24, 2.45) is 0 Å². The normalized spacial score (nSPS) is 10.3. The van der Waals surface area contributed by atoms with Crippen molar-refractivity contribution in [3.05, 3.63) is 42.0 Å². The molecule has 0 saturated carbocycles. The molecule has 106 valence electrons. The van der Waals surface area contributed by atoms with Crippen LogP contribution < -0.4 is 10.6 Å². The molecule has 20 heavy (non-hydrogen) atoms. The quantitative estimate of drug-likeness (QED) is 0.810. The molecule has 0 fully saturated rings. The van der Waals surface area contributed by atoms with Crippen molar-refractivity contribution >= 4 is 11.6 Å². The maximum atomic E-state index is 4.42. The van der Waals surface area contributed by atoms with Crippen LogP contribution in [0.25, 0.3) is 0 Å². The third kappa shape index (κ3) is 3.91. The largest absolute Gasteiger partial charge is 0.370 e. The van der Waals surface area contributed by atoms with Gasteiger partial charge < -0.3 is 10.6 Å². The predicted octanol–water partition coefficient (Wildman–Crippen LogP) is 2.87. The Morgan fingerprint density at radius 1 is 1.05 bits per heavy atom. The summed E-state index contributed by atoms with van der Waals surface area (Å²) < 4.78 is 0. The molecule has 0 atom stereocenters. The average Bonchev–Trinajstić information content (AvgIpc) is 2.51. The van der Waals surface area contributed by atoms with Crippen LogP contribution in [0, 0.1) is 0 Å². The Morgan fingerprint density at radius 3 is 2.60 bits per heavy atom. The fourth-order valence-corrected chi connectivity index (χ4v) is 1.93. The molecule has 0 radical (unpaired) electrons. The molecule has 0 unspecified atom stereocenters. The number of nitrogens with one attached hydrogen (secondary N) is 2. The van der Waals surface area contributed by atoms with Gasteiger partial charge in [0.05, 0.1) is 12.2 Å². The van der Waals surface area contributed by atoms with Crippen LogP contribution in [0.4, 0.5) is 11.6 Å². The van der Waals surface area contributed by atoms with Gasteiger partial charge in [0.15, 0.2) is 0 Å². The van der Waals surface area contributed by atoms with E-state index in [0.717, 1.165) is 36.7 Å². The summed E-state index contributed by atoms with van der Waals surface area (Å²) in [5.74, 6) is 1.66. The third-order valence-electron chi connectivity index (χ3n) is 3.03. The lowest BCUT2D eigenvalue weighted by Crippen LogP contribution is -2.08. The van der Waals surface area contributed by atoms with Gasteiger partial charge in [-0.15, -0.1) is 0 Å². The summed E-state index contributed by atoms with van der Waals surface area (Å²) >= 11 is 0. The van der Waals surface area contributed by atoms with Gasteiger partial charge in [0.2, 0.25) is 0 Å². The lowest BCUT2D eigenvalue weighted by Gasteiger charge is -2.09. The van der Waals surface area contributed by atoms with Gasteiger partial charge in [0.25, 0.3) is 0 Å². The molecule has 0 saturated heterocycles. The minimum Gasteiger partial charge on any atom is -0.370 e. The van der Waals surface area contributed by atoms with Crippen molar-refractivity contribution in [1.82, 2.24) is 15.0 Å². The summed E-state index contributed by atoms with van der Waals surface area (Å²) in [4.78, 5) is 12.8. The molecule has 5 nitrogen and oxygen atoms in total. The Morgan fingerprint density at radius 2 is 1.85 bits per heavy atom. The van der Waals surface area contributed by atoms with Crippen LogP contribution in [0.2, 0.25) is 0 Å². The second-order valence-corrected chi connectivity index (χ2v) is 4.53. The minimum atomic E-state index is 0.675. The first-order chi connectivity index (χ1) is 9.83. The van der Waals surface area contributed by atoms with E-state index in [1.54, 1.807) is 6.33 Å². The molecule has 0 amide bonds. The van der Waals surface area contributed by atoms with Crippen LogP contribution in [0.15, 0.2) is 30.7 Å². The lowest BCUT2D eigenvalue weighted by atomic mass is 10.1. The molecule has 0 aliphatic rings. The fraction of sp³-hybridized carbons (Fsp3) is 0.400. The maximum absolute atomic E-state index is 4.42. The van der Waals surface area contributed by atoms with Gasteiger partial charge in [0, 0.05) is 18.8 Å². The van der Waals surface area contributed by atoms with E-state index in [9.17, 15) is 0 Å². The molecule has 2 N–H and O–H groups in total.